The summed E-state index contributed by atoms with van der Waals surface area (Å²) in [4.78, 5) is 27.1. The number of hydrogen-bond donors (Lipinski definition) is 2. The molecule has 18 heavy (non-hydrogen) atoms. The minimum absolute atomic E-state index is 0.0246. The number of rotatable bonds is 5. The number of fused-ring (bicyclic) bond motifs is 1. The van der Waals surface area contributed by atoms with Crippen molar-refractivity contribution in [2.75, 3.05) is 53.0 Å². The summed E-state index contributed by atoms with van der Waals surface area (Å²) < 4.78 is 4.85. The van der Waals surface area contributed by atoms with E-state index in [0.29, 0.717) is 19.7 Å². The molecule has 102 valence electrons. The SMILES string of the molecule is COCCNC(=O)CN1CC2CNCCN2C1=O. The van der Waals surface area contributed by atoms with Crippen molar-refractivity contribution in [3.8, 4) is 0 Å². The molecule has 2 N–H and O–H groups in total. The van der Waals surface area contributed by atoms with E-state index < -0.39 is 0 Å². The molecule has 0 radical (unpaired) electrons. The molecule has 7 heteroatoms. The summed E-state index contributed by atoms with van der Waals surface area (Å²) in [5.74, 6) is -0.131. The lowest BCUT2D eigenvalue weighted by Gasteiger charge is -2.28. The molecule has 0 spiro atoms. The van der Waals surface area contributed by atoms with Crippen LogP contribution in [-0.2, 0) is 9.53 Å². The number of nitrogens with zero attached hydrogens (tertiary/aromatic N) is 2. The third kappa shape index (κ3) is 2.91. The highest BCUT2D eigenvalue weighted by Gasteiger charge is 2.38. The van der Waals surface area contributed by atoms with Gasteiger partial charge in [-0.15, -0.1) is 0 Å². The predicted molar refractivity (Wildman–Crippen MR) is 65.2 cm³/mol. The standard InChI is InChI=1S/C11H20N4O3/c1-18-5-3-13-10(16)8-14-7-9-6-12-2-4-15(9)11(14)17/h9,12H,2-8H2,1H3,(H,13,16). The normalized spacial score (nSPS) is 23.2. The Morgan fingerprint density at radius 1 is 1.61 bits per heavy atom. The van der Waals surface area contributed by atoms with Crippen LogP contribution in [0.15, 0.2) is 0 Å². The number of amides is 3. The van der Waals surface area contributed by atoms with Crippen molar-refractivity contribution in [2.24, 2.45) is 0 Å². The third-order valence-corrected chi connectivity index (χ3v) is 3.26. The Bertz CT molecular complexity index is 323. The van der Waals surface area contributed by atoms with Gasteiger partial charge < -0.3 is 25.2 Å². The van der Waals surface area contributed by atoms with E-state index in [1.165, 1.54) is 0 Å². The van der Waals surface area contributed by atoms with Crippen molar-refractivity contribution in [3.63, 3.8) is 0 Å². The Balaban J connectivity index is 1.79. The van der Waals surface area contributed by atoms with E-state index in [-0.39, 0.29) is 24.5 Å². The van der Waals surface area contributed by atoms with Gasteiger partial charge in [0.1, 0.15) is 6.54 Å². The zero-order chi connectivity index (χ0) is 13.0. The first-order valence-corrected chi connectivity index (χ1v) is 6.24. The Morgan fingerprint density at radius 2 is 2.44 bits per heavy atom. The molecule has 2 aliphatic rings. The van der Waals surface area contributed by atoms with Crippen LogP contribution in [0, 0.1) is 0 Å². The van der Waals surface area contributed by atoms with Crippen LogP contribution in [0.1, 0.15) is 0 Å². The van der Waals surface area contributed by atoms with Gasteiger partial charge in [-0.25, -0.2) is 4.79 Å². The Hall–Kier alpha value is -1.34. The zero-order valence-electron chi connectivity index (χ0n) is 10.6. The molecule has 2 heterocycles. The number of methoxy groups -OCH3 is 1. The average molecular weight is 256 g/mol. The number of urea groups is 1. The van der Waals surface area contributed by atoms with Gasteiger partial charge in [-0.05, 0) is 0 Å². The van der Waals surface area contributed by atoms with E-state index in [1.807, 2.05) is 4.90 Å². The van der Waals surface area contributed by atoms with Gasteiger partial charge in [0.05, 0.1) is 12.6 Å². The highest BCUT2D eigenvalue weighted by Crippen LogP contribution is 2.16. The second kappa shape index (κ2) is 6.01. The van der Waals surface area contributed by atoms with Gasteiger partial charge in [-0.3, -0.25) is 4.79 Å². The van der Waals surface area contributed by atoms with Crippen LogP contribution in [0.4, 0.5) is 4.79 Å². The predicted octanol–water partition coefficient (Wildman–Crippen LogP) is -1.54. The fourth-order valence-electron chi connectivity index (χ4n) is 2.34. The van der Waals surface area contributed by atoms with Crippen molar-refractivity contribution in [1.82, 2.24) is 20.4 Å². The molecular weight excluding hydrogens is 236 g/mol. The summed E-state index contributed by atoms with van der Waals surface area (Å²) in [5, 5.41) is 5.98. The summed E-state index contributed by atoms with van der Waals surface area (Å²) in [6.07, 6.45) is 0. The first-order valence-electron chi connectivity index (χ1n) is 6.24. The summed E-state index contributed by atoms with van der Waals surface area (Å²) in [7, 11) is 1.58. The number of piperazine rings is 1. The van der Waals surface area contributed by atoms with E-state index in [1.54, 1.807) is 12.0 Å². The zero-order valence-corrected chi connectivity index (χ0v) is 10.6. The number of carbonyl (C=O) groups excluding carboxylic acids is 2. The van der Waals surface area contributed by atoms with Crippen molar-refractivity contribution in [1.29, 1.82) is 0 Å². The van der Waals surface area contributed by atoms with E-state index >= 15 is 0 Å². The Kier molecular flexibility index (Phi) is 4.38. The largest absolute Gasteiger partial charge is 0.383 e. The lowest BCUT2D eigenvalue weighted by Crippen LogP contribution is -2.50. The van der Waals surface area contributed by atoms with Gasteiger partial charge in [0.15, 0.2) is 0 Å². The molecule has 0 aromatic carbocycles. The lowest BCUT2D eigenvalue weighted by atomic mass is 10.2. The molecule has 2 fully saturated rings. The van der Waals surface area contributed by atoms with Gasteiger partial charge in [-0.1, -0.05) is 0 Å². The van der Waals surface area contributed by atoms with Gasteiger partial charge in [0.25, 0.3) is 0 Å². The van der Waals surface area contributed by atoms with Crippen LogP contribution >= 0.6 is 0 Å². The van der Waals surface area contributed by atoms with Crippen molar-refractivity contribution < 1.29 is 14.3 Å². The molecule has 2 rings (SSSR count). The first kappa shape index (κ1) is 13.1. The number of carbonyl (C=O) groups is 2. The monoisotopic (exact) mass is 256 g/mol. The van der Waals surface area contributed by atoms with Gasteiger partial charge in [-0.2, -0.15) is 0 Å². The smallest absolute Gasteiger partial charge is 0.320 e. The van der Waals surface area contributed by atoms with Crippen LogP contribution in [0.2, 0.25) is 0 Å². The quantitative estimate of drug-likeness (QED) is 0.585. The van der Waals surface area contributed by atoms with Crippen molar-refractivity contribution in [2.45, 2.75) is 6.04 Å². The minimum atomic E-state index is -0.131. The van der Waals surface area contributed by atoms with E-state index in [9.17, 15) is 9.59 Å². The fourth-order valence-corrected chi connectivity index (χ4v) is 2.34. The Labute approximate surface area is 106 Å². The van der Waals surface area contributed by atoms with E-state index in [0.717, 1.165) is 19.6 Å². The minimum Gasteiger partial charge on any atom is -0.383 e. The van der Waals surface area contributed by atoms with Gasteiger partial charge >= 0.3 is 6.03 Å². The number of ether oxygens (including phenoxy) is 1. The molecule has 0 aromatic heterocycles. The van der Waals surface area contributed by atoms with Crippen LogP contribution in [0.3, 0.4) is 0 Å². The second-order valence-corrected chi connectivity index (χ2v) is 4.56. The summed E-state index contributed by atoms with van der Waals surface area (Å²) in [5.41, 5.74) is 0. The van der Waals surface area contributed by atoms with Crippen LogP contribution in [0.5, 0.6) is 0 Å². The van der Waals surface area contributed by atoms with Crippen molar-refractivity contribution in [3.05, 3.63) is 0 Å². The maximum Gasteiger partial charge on any atom is 0.320 e. The lowest BCUT2D eigenvalue weighted by molar-refractivity contribution is -0.121. The van der Waals surface area contributed by atoms with Gasteiger partial charge in [0.2, 0.25) is 5.91 Å². The Morgan fingerprint density at radius 3 is 3.17 bits per heavy atom. The highest BCUT2D eigenvalue weighted by molar-refractivity contribution is 5.85. The van der Waals surface area contributed by atoms with Crippen LogP contribution < -0.4 is 10.6 Å². The molecule has 1 unspecified atom stereocenters. The molecule has 2 aliphatic heterocycles. The van der Waals surface area contributed by atoms with Crippen LogP contribution in [-0.4, -0.2) is 80.8 Å². The first-order chi connectivity index (χ1) is 8.72. The third-order valence-electron chi connectivity index (χ3n) is 3.26. The summed E-state index contributed by atoms with van der Waals surface area (Å²) in [6.45, 7) is 4.10. The van der Waals surface area contributed by atoms with Crippen LogP contribution in [0.25, 0.3) is 0 Å². The molecule has 3 amide bonds. The maximum atomic E-state index is 12.0. The molecule has 7 nitrogen and oxygen atoms in total. The molecular formula is C11H20N4O3. The summed E-state index contributed by atoms with van der Waals surface area (Å²) >= 11 is 0. The second-order valence-electron chi connectivity index (χ2n) is 4.56. The maximum absolute atomic E-state index is 12.0. The highest BCUT2D eigenvalue weighted by atomic mass is 16.5. The molecule has 2 saturated heterocycles. The van der Waals surface area contributed by atoms with Gasteiger partial charge in [0, 0.05) is 39.8 Å². The van der Waals surface area contributed by atoms with Crippen molar-refractivity contribution >= 4 is 11.9 Å². The van der Waals surface area contributed by atoms with E-state index in [4.69, 9.17) is 4.74 Å². The molecule has 1 atom stereocenters. The van der Waals surface area contributed by atoms with E-state index in [2.05, 4.69) is 10.6 Å². The number of hydrogen-bond acceptors (Lipinski definition) is 4. The topological polar surface area (TPSA) is 73.9 Å². The fraction of sp³-hybridized carbons (Fsp3) is 0.818. The average Bonchev–Trinajstić information content (AvgIpc) is 2.67. The molecule has 0 aliphatic carbocycles. The summed E-state index contributed by atoms with van der Waals surface area (Å²) in [6, 6.07) is 0.182. The molecule has 0 aromatic rings. The molecule has 0 saturated carbocycles. The molecule has 0 bridgehead atoms. The number of nitrogens with one attached hydrogen (secondary N) is 2.